The molecule has 0 saturated heterocycles. The lowest BCUT2D eigenvalue weighted by Gasteiger charge is -2.03. The van der Waals surface area contributed by atoms with E-state index in [9.17, 15) is 22.9 Å². The van der Waals surface area contributed by atoms with Crippen LogP contribution in [0.25, 0.3) is 0 Å². The van der Waals surface area contributed by atoms with Gasteiger partial charge >= 0.3 is 0 Å². The lowest BCUT2D eigenvalue weighted by molar-refractivity contribution is -0.386. The van der Waals surface area contributed by atoms with Crippen molar-refractivity contribution in [2.75, 3.05) is 0 Å². The Morgan fingerprint density at radius 2 is 2.00 bits per heavy atom. The van der Waals surface area contributed by atoms with E-state index in [0.29, 0.717) is 6.07 Å². The molecular formula is C6H4BrFN2O4S. The number of nitrogens with two attached hydrogens (primary N) is 1. The smallest absolute Gasteiger partial charge is 0.258 e. The fourth-order valence-corrected chi connectivity index (χ4v) is 2.76. The van der Waals surface area contributed by atoms with Crippen LogP contribution in [0, 0.1) is 15.9 Å². The fourth-order valence-electron chi connectivity index (χ4n) is 0.924. The first-order chi connectivity index (χ1) is 6.75. The third kappa shape index (κ3) is 2.30. The summed E-state index contributed by atoms with van der Waals surface area (Å²) < 4.78 is 34.5. The van der Waals surface area contributed by atoms with E-state index in [0.717, 1.165) is 6.07 Å². The lowest BCUT2D eigenvalue weighted by Crippen LogP contribution is -2.15. The van der Waals surface area contributed by atoms with Crippen LogP contribution >= 0.6 is 15.9 Å². The molecule has 0 aliphatic rings. The maximum atomic E-state index is 13.1. The van der Waals surface area contributed by atoms with Gasteiger partial charge in [-0.3, -0.25) is 10.1 Å². The predicted octanol–water partition coefficient (Wildman–Crippen LogP) is 1.14. The maximum absolute atomic E-state index is 13.1. The number of halogens is 2. The summed E-state index contributed by atoms with van der Waals surface area (Å²) in [6.45, 7) is 0. The average Bonchev–Trinajstić information content (AvgIpc) is 2.00. The minimum Gasteiger partial charge on any atom is -0.258 e. The Morgan fingerprint density at radius 1 is 1.47 bits per heavy atom. The van der Waals surface area contributed by atoms with E-state index in [4.69, 9.17) is 5.14 Å². The quantitative estimate of drug-likeness (QED) is 0.653. The van der Waals surface area contributed by atoms with Crippen LogP contribution in [0.4, 0.5) is 10.1 Å². The molecule has 0 saturated carbocycles. The van der Waals surface area contributed by atoms with Crippen LogP contribution in [0.5, 0.6) is 0 Å². The molecule has 2 N–H and O–H groups in total. The predicted molar refractivity (Wildman–Crippen MR) is 52.1 cm³/mol. The molecule has 0 bridgehead atoms. The first-order valence-corrected chi connectivity index (χ1v) is 5.74. The average molecular weight is 299 g/mol. The maximum Gasteiger partial charge on any atom is 0.285 e. The van der Waals surface area contributed by atoms with E-state index >= 15 is 0 Å². The van der Waals surface area contributed by atoms with E-state index in [1.807, 2.05) is 0 Å². The van der Waals surface area contributed by atoms with Gasteiger partial charge in [-0.05, 0) is 22.0 Å². The van der Waals surface area contributed by atoms with Crippen molar-refractivity contribution in [3.8, 4) is 0 Å². The lowest BCUT2D eigenvalue weighted by atomic mass is 10.3. The van der Waals surface area contributed by atoms with Crippen LogP contribution in [0.2, 0.25) is 0 Å². The van der Waals surface area contributed by atoms with Gasteiger partial charge in [0.2, 0.25) is 10.0 Å². The number of nitro groups is 1. The monoisotopic (exact) mass is 298 g/mol. The van der Waals surface area contributed by atoms with E-state index in [1.165, 1.54) is 0 Å². The van der Waals surface area contributed by atoms with Gasteiger partial charge in [-0.2, -0.15) is 0 Å². The van der Waals surface area contributed by atoms with Crippen LogP contribution in [0.3, 0.4) is 0 Å². The second-order valence-electron chi connectivity index (χ2n) is 2.51. The molecule has 82 valence electrons. The van der Waals surface area contributed by atoms with Gasteiger partial charge in [-0.15, -0.1) is 0 Å². The number of hydrogen-bond acceptors (Lipinski definition) is 4. The molecular weight excluding hydrogens is 295 g/mol. The van der Waals surface area contributed by atoms with Crippen molar-refractivity contribution in [1.29, 1.82) is 0 Å². The van der Waals surface area contributed by atoms with Gasteiger partial charge in [0.15, 0.2) is 0 Å². The topological polar surface area (TPSA) is 103 Å². The van der Waals surface area contributed by atoms with Gasteiger partial charge < -0.3 is 0 Å². The summed E-state index contributed by atoms with van der Waals surface area (Å²) in [5.74, 6) is -1.14. The number of rotatable bonds is 2. The SMILES string of the molecule is NS(=O)(=O)c1c(F)ccc([N+](=O)[O-])c1Br. The Labute approximate surface area is 92.2 Å². The van der Waals surface area contributed by atoms with Crippen molar-refractivity contribution in [2.24, 2.45) is 5.14 Å². The highest BCUT2D eigenvalue weighted by Crippen LogP contribution is 2.32. The van der Waals surface area contributed by atoms with Crippen molar-refractivity contribution in [3.05, 3.63) is 32.5 Å². The summed E-state index contributed by atoms with van der Waals surface area (Å²) in [5.41, 5.74) is -0.569. The minimum atomic E-state index is -4.35. The molecule has 0 aromatic heterocycles. The normalized spacial score (nSPS) is 11.4. The molecule has 9 heteroatoms. The Balaban J connectivity index is 3.66. The van der Waals surface area contributed by atoms with Crippen molar-refractivity contribution in [1.82, 2.24) is 0 Å². The van der Waals surface area contributed by atoms with Gasteiger partial charge in [-0.1, -0.05) is 0 Å². The number of nitrogens with zero attached hydrogens (tertiary/aromatic N) is 1. The zero-order valence-electron chi connectivity index (χ0n) is 6.98. The van der Waals surface area contributed by atoms with Crippen LogP contribution in [-0.2, 0) is 10.0 Å². The minimum absolute atomic E-state index is 0.491. The van der Waals surface area contributed by atoms with E-state index < -0.39 is 35.8 Å². The van der Waals surface area contributed by atoms with Crippen LogP contribution in [-0.4, -0.2) is 13.3 Å². The van der Waals surface area contributed by atoms with E-state index in [2.05, 4.69) is 15.9 Å². The molecule has 0 atom stereocenters. The zero-order chi connectivity index (χ0) is 11.8. The first-order valence-electron chi connectivity index (χ1n) is 3.40. The van der Waals surface area contributed by atoms with Crippen molar-refractivity contribution in [3.63, 3.8) is 0 Å². The van der Waals surface area contributed by atoms with Crippen LogP contribution in [0.15, 0.2) is 21.5 Å². The van der Waals surface area contributed by atoms with Crippen molar-refractivity contribution >= 4 is 31.6 Å². The second kappa shape index (κ2) is 3.83. The third-order valence-electron chi connectivity index (χ3n) is 1.51. The largest absolute Gasteiger partial charge is 0.285 e. The molecule has 15 heavy (non-hydrogen) atoms. The van der Waals surface area contributed by atoms with Crippen molar-refractivity contribution < 1.29 is 17.7 Å². The Bertz CT molecular complexity index is 530. The van der Waals surface area contributed by atoms with Crippen molar-refractivity contribution in [2.45, 2.75) is 4.90 Å². The number of benzene rings is 1. The molecule has 1 aromatic carbocycles. The summed E-state index contributed by atoms with van der Waals surface area (Å²) in [6, 6.07) is 1.51. The number of primary sulfonamides is 1. The molecule has 0 fully saturated rings. The highest BCUT2D eigenvalue weighted by atomic mass is 79.9. The molecule has 0 unspecified atom stereocenters. The molecule has 0 spiro atoms. The molecule has 0 aliphatic carbocycles. The molecule has 0 amide bonds. The Kier molecular flexibility index (Phi) is 3.07. The van der Waals surface area contributed by atoms with Gasteiger partial charge in [-0.25, -0.2) is 17.9 Å². The molecule has 0 heterocycles. The fraction of sp³-hybridized carbons (Fsp3) is 0. The summed E-state index contributed by atoms with van der Waals surface area (Å²) in [6.07, 6.45) is 0. The van der Waals surface area contributed by atoms with Crippen LogP contribution in [0.1, 0.15) is 0 Å². The Hall–Kier alpha value is -1.06. The van der Waals surface area contributed by atoms with E-state index in [-0.39, 0.29) is 0 Å². The number of hydrogen-bond donors (Lipinski definition) is 1. The summed E-state index contributed by atoms with van der Waals surface area (Å²) in [4.78, 5) is 8.66. The van der Waals surface area contributed by atoms with Gasteiger partial charge in [0, 0.05) is 6.07 Å². The molecule has 1 aromatic rings. The zero-order valence-corrected chi connectivity index (χ0v) is 9.38. The molecule has 1 rings (SSSR count). The Morgan fingerprint density at radius 3 is 2.40 bits per heavy atom. The molecule has 6 nitrogen and oxygen atoms in total. The van der Waals surface area contributed by atoms with Gasteiger partial charge in [0.1, 0.15) is 15.2 Å². The van der Waals surface area contributed by atoms with Gasteiger partial charge in [0.25, 0.3) is 5.69 Å². The second-order valence-corrected chi connectivity index (χ2v) is 4.80. The van der Waals surface area contributed by atoms with Gasteiger partial charge in [0.05, 0.1) is 4.92 Å². The molecule has 0 radical (unpaired) electrons. The van der Waals surface area contributed by atoms with Crippen LogP contribution < -0.4 is 5.14 Å². The summed E-state index contributed by atoms with van der Waals surface area (Å²) >= 11 is 2.63. The highest BCUT2D eigenvalue weighted by Gasteiger charge is 2.25. The number of nitro benzene ring substituents is 1. The standard InChI is InChI=1S/C6H4BrFN2O4S/c7-5-4(10(11)12)2-1-3(8)6(5)15(9,13)14/h1-2H,(H2,9,13,14). The number of sulfonamides is 1. The van der Waals surface area contributed by atoms with E-state index in [1.54, 1.807) is 0 Å². The summed E-state index contributed by atoms with van der Waals surface area (Å²) in [5, 5.41) is 15.1. The summed E-state index contributed by atoms with van der Waals surface area (Å²) in [7, 11) is -4.35. The highest BCUT2D eigenvalue weighted by molar-refractivity contribution is 9.10. The first kappa shape index (κ1) is 12.0. The molecule has 0 aliphatic heterocycles. The third-order valence-corrected chi connectivity index (χ3v) is 3.54.